The molecule has 1 saturated heterocycles. The maximum Gasteiger partial charge on any atom is 0.407 e. The second-order valence-electron chi connectivity index (χ2n) is 7.27. The summed E-state index contributed by atoms with van der Waals surface area (Å²) in [5.74, 6) is 0.746. The molecule has 1 fully saturated rings. The van der Waals surface area contributed by atoms with E-state index in [2.05, 4.69) is 20.3 Å². The van der Waals surface area contributed by atoms with E-state index in [1.807, 2.05) is 48.5 Å². The topological polar surface area (TPSA) is 79.9 Å². The fourth-order valence-corrected chi connectivity index (χ4v) is 3.64. The zero-order valence-corrected chi connectivity index (χ0v) is 17.5. The number of methoxy groups -OCH3 is 2. The number of para-hydroxylation sites is 1. The lowest BCUT2D eigenvalue weighted by molar-refractivity contribution is 0.0954. The number of hydrogen-bond donors (Lipinski definition) is 2. The van der Waals surface area contributed by atoms with Crippen molar-refractivity contribution in [3.63, 3.8) is 0 Å². The number of hydrogen-bond acceptors (Lipinski definition) is 5. The van der Waals surface area contributed by atoms with Crippen molar-refractivity contribution in [2.24, 2.45) is 0 Å². The monoisotopic (exact) mass is 411 g/mol. The maximum absolute atomic E-state index is 12.8. The molecule has 2 N–H and O–H groups in total. The zero-order valence-electron chi connectivity index (χ0n) is 17.5. The van der Waals surface area contributed by atoms with Crippen molar-refractivity contribution in [2.75, 3.05) is 38.8 Å². The first-order chi connectivity index (χ1) is 14.6. The molecular formula is C23H29N3O4. The summed E-state index contributed by atoms with van der Waals surface area (Å²) in [5, 5.41) is 5.88. The molecule has 0 unspecified atom stereocenters. The predicted molar refractivity (Wildman–Crippen MR) is 116 cm³/mol. The quantitative estimate of drug-likeness (QED) is 0.732. The molecule has 160 valence electrons. The number of carbonyl (C=O) groups is 2. The van der Waals surface area contributed by atoms with Crippen molar-refractivity contribution in [1.82, 2.24) is 10.6 Å². The van der Waals surface area contributed by atoms with Gasteiger partial charge in [-0.3, -0.25) is 4.79 Å². The van der Waals surface area contributed by atoms with Gasteiger partial charge in [-0.1, -0.05) is 24.3 Å². The summed E-state index contributed by atoms with van der Waals surface area (Å²) >= 11 is 0. The van der Waals surface area contributed by atoms with Crippen LogP contribution in [-0.4, -0.2) is 51.9 Å². The van der Waals surface area contributed by atoms with Crippen molar-refractivity contribution < 1.29 is 19.1 Å². The Kier molecular flexibility index (Phi) is 7.54. The van der Waals surface area contributed by atoms with Crippen LogP contribution in [0.4, 0.5) is 10.5 Å². The second-order valence-corrected chi connectivity index (χ2v) is 7.27. The molecule has 1 aliphatic rings. The summed E-state index contributed by atoms with van der Waals surface area (Å²) in [7, 11) is 3.01. The third-order valence-corrected chi connectivity index (χ3v) is 5.35. The summed E-state index contributed by atoms with van der Waals surface area (Å²) in [4.78, 5) is 26.4. The van der Waals surface area contributed by atoms with E-state index in [9.17, 15) is 9.59 Å². The fourth-order valence-electron chi connectivity index (χ4n) is 3.64. The van der Waals surface area contributed by atoms with Crippen molar-refractivity contribution in [3.8, 4) is 5.75 Å². The van der Waals surface area contributed by atoms with Crippen molar-refractivity contribution in [2.45, 2.75) is 25.3 Å². The third-order valence-electron chi connectivity index (χ3n) is 5.35. The number of amides is 2. The molecule has 1 aliphatic heterocycles. The van der Waals surface area contributed by atoms with Gasteiger partial charge in [-0.15, -0.1) is 0 Å². The van der Waals surface area contributed by atoms with Gasteiger partial charge in [0, 0.05) is 31.4 Å². The molecule has 2 aromatic carbocycles. The van der Waals surface area contributed by atoms with Crippen molar-refractivity contribution in [1.29, 1.82) is 0 Å². The molecule has 0 spiro atoms. The van der Waals surface area contributed by atoms with Crippen LogP contribution in [0.3, 0.4) is 0 Å². The molecule has 3 rings (SSSR count). The first-order valence-corrected chi connectivity index (χ1v) is 10.2. The largest absolute Gasteiger partial charge is 0.497 e. The Labute approximate surface area is 177 Å². The average Bonchev–Trinajstić information content (AvgIpc) is 2.80. The minimum absolute atomic E-state index is 0.0751. The van der Waals surface area contributed by atoms with Gasteiger partial charge in [0.1, 0.15) is 5.75 Å². The third kappa shape index (κ3) is 5.65. The number of carbonyl (C=O) groups excluding carboxylic acids is 2. The van der Waals surface area contributed by atoms with E-state index < -0.39 is 6.09 Å². The van der Waals surface area contributed by atoms with Gasteiger partial charge in [0.15, 0.2) is 0 Å². The van der Waals surface area contributed by atoms with E-state index in [-0.39, 0.29) is 11.9 Å². The molecule has 0 radical (unpaired) electrons. The lowest BCUT2D eigenvalue weighted by Crippen LogP contribution is -2.45. The molecule has 2 aromatic rings. The molecule has 7 nitrogen and oxygen atoms in total. The van der Waals surface area contributed by atoms with Crippen molar-refractivity contribution >= 4 is 17.7 Å². The molecule has 0 saturated carbocycles. The molecule has 0 bridgehead atoms. The molecule has 0 atom stereocenters. The predicted octanol–water partition coefficient (Wildman–Crippen LogP) is 2.99. The van der Waals surface area contributed by atoms with Gasteiger partial charge in [-0.25, -0.2) is 4.79 Å². The van der Waals surface area contributed by atoms with Crippen LogP contribution in [0, 0.1) is 0 Å². The summed E-state index contributed by atoms with van der Waals surface area (Å²) in [6, 6.07) is 15.6. The molecule has 2 amide bonds. The first-order valence-electron chi connectivity index (χ1n) is 10.2. The Balaban J connectivity index is 1.55. The number of rotatable bonds is 7. The second kappa shape index (κ2) is 10.5. The van der Waals surface area contributed by atoms with Gasteiger partial charge in [-0.2, -0.15) is 0 Å². The number of anilines is 1. The number of benzene rings is 2. The van der Waals surface area contributed by atoms with Crippen LogP contribution >= 0.6 is 0 Å². The highest BCUT2D eigenvalue weighted by Gasteiger charge is 2.23. The highest BCUT2D eigenvalue weighted by molar-refractivity contribution is 5.99. The van der Waals surface area contributed by atoms with Crippen molar-refractivity contribution in [3.05, 3.63) is 59.7 Å². The summed E-state index contributed by atoms with van der Waals surface area (Å²) in [6.45, 7) is 2.10. The SMILES string of the molecule is COC(=O)NC1CCN(c2ccccc2C(=O)NCCc2ccc(OC)cc2)CC1. The van der Waals surface area contributed by atoms with Crippen LogP contribution in [0.5, 0.6) is 5.75 Å². The molecule has 0 aliphatic carbocycles. The summed E-state index contributed by atoms with van der Waals surface area (Å²) in [5.41, 5.74) is 2.74. The van der Waals surface area contributed by atoms with E-state index in [0.29, 0.717) is 12.1 Å². The van der Waals surface area contributed by atoms with E-state index in [4.69, 9.17) is 4.74 Å². The minimum Gasteiger partial charge on any atom is -0.497 e. The Hall–Kier alpha value is -3.22. The Morgan fingerprint density at radius 1 is 1.03 bits per heavy atom. The molecule has 7 heteroatoms. The van der Waals surface area contributed by atoms with E-state index in [1.54, 1.807) is 7.11 Å². The lowest BCUT2D eigenvalue weighted by Gasteiger charge is -2.34. The molecule has 1 heterocycles. The fraction of sp³-hybridized carbons (Fsp3) is 0.391. The van der Waals surface area contributed by atoms with Crippen LogP contribution in [0.15, 0.2) is 48.5 Å². The molecule has 30 heavy (non-hydrogen) atoms. The van der Waals surface area contributed by atoms with Crippen LogP contribution in [0.1, 0.15) is 28.8 Å². The minimum atomic E-state index is -0.398. The van der Waals surface area contributed by atoms with E-state index in [1.165, 1.54) is 7.11 Å². The average molecular weight is 412 g/mol. The van der Waals surface area contributed by atoms with Gasteiger partial charge in [0.2, 0.25) is 0 Å². The van der Waals surface area contributed by atoms with Crippen LogP contribution in [0.2, 0.25) is 0 Å². The molecular weight excluding hydrogens is 382 g/mol. The number of piperidine rings is 1. The zero-order chi connectivity index (χ0) is 21.3. The highest BCUT2D eigenvalue weighted by Crippen LogP contribution is 2.24. The van der Waals surface area contributed by atoms with E-state index in [0.717, 1.165) is 49.4 Å². The first kappa shape index (κ1) is 21.5. The number of nitrogens with zero attached hydrogens (tertiary/aromatic N) is 1. The lowest BCUT2D eigenvalue weighted by atomic mass is 10.0. The Morgan fingerprint density at radius 2 is 1.73 bits per heavy atom. The number of ether oxygens (including phenoxy) is 2. The summed E-state index contributed by atoms with van der Waals surface area (Å²) in [6.07, 6.45) is 1.97. The van der Waals surface area contributed by atoms with Gasteiger partial charge < -0.3 is 25.0 Å². The van der Waals surface area contributed by atoms with Crippen LogP contribution < -0.4 is 20.3 Å². The Morgan fingerprint density at radius 3 is 2.40 bits per heavy atom. The highest BCUT2D eigenvalue weighted by atomic mass is 16.5. The maximum atomic E-state index is 12.8. The number of alkyl carbamates (subject to hydrolysis) is 1. The van der Waals surface area contributed by atoms with Gasteiger partial charge in [-0.05, 0) is 49.1 Å². The summed E-state index contributed by atoms with van der Waals surface area (Å²) < 4.78 is 9.84. The van der Waals surface area contributed by atoms with Crippen LogP contribution in [0.25, 0.3) is 0 Å². The van der Waals surface area contributed by atoms with Gasteiger partial charge in [0.25, 0.3) is 5.91 Å². The van der Waals surface area contributed by atoms with Gasteiger partial charge in [0.05, 0.1) is 19.8 Å². The Bertz CT molecular complexity index is 846. The normalized spacial score (nSPS) is 14.1. The standard InChI is InChI=1S/C23H29N3O4/c1-29-19-9-7-17(8-10-19)11-14-24-22(27)20-5-3-4-6-21(20)26-15-12-18(13-16-26)25-23(28)30-2/h3-10,18H,11-16H2,1-2H3,(H,24,27)(H,25,28). The smallest absolute Gasteiger partial charge is 0.407 e. The van der Waals surface area contributed by atoms with Gasteiger partial charge >= 0.3 is 6.09 Å². The number of nitrogens with one attached hydrogen (secondary N) is 2. The molecule has 0 aromatic heterocycles. The van der Waals surface area contributed by atoms with Crippen LogP contribution in [-0.2, 0) is 11.2 Å². The van der Waals surface area contributed by atoms with E-state index >= 15 is 0 Å².